The molecule has 3 N–H and O–H groups in total. The van der Waals surface area contributed by atoms with E-state index < -0.39 is 35.0 Å². The molecule has 2 aliphatic heterocycles. The number of ether oxygens (including phenoxy) is 1. The number of aliphatic hydroxyl groups is 2. The van der Waals surface area contributed by atoms with Crippen molar-refractivity contribution in [1.29, 1.82) is 0 Å². The molecule has 1 aromatic carbocycles. The first-order valence-electron chi connectivity index (χ1n) is 10.9. The Morgan fingerprint density at radius 1 is 1.29 bits per heavy atom. The Balaban J connectivity index is 1.55. The van der Waals surface area contributed by atoms with Gasteiger partial charge in [-0.25, -0.2) is 14.2 Å². The lowest BCUT2D eigenvalue weighted by molar-refractivity contribution is -0.157. The Morgan fingerprint density at radius 3 is 2.79 bits per heavy atom. The number of hydrogen-bond acceptors (Lipinski definition) is 7. The van der Waals surface area contributed by atoms with Crippen molar-refractivity contribution in [3.63, 3.8) is 0 Å². The highest BCUT2D eigenvalue weighted by Crippen LogP contribution is 2.39. The number of amides is 1. The molecule has 10 heteroatoms. The van der Waals surface area contributed by atoms with Gasteiger partial charge in [0.25, 0.3) is 11.5 Å². The molecule has 4 heterocycles. The minimum absolute atomic E-state index is 0.0558. The van der Waals surface area contributed by atoms with Gasteiger partial charge in [0.2, 0.25) is 0 Å². The molecule has 3 aromatic rings. The third-order valence-corrected chi connectivity index (χ3v) is 6.93. The van der Waals surface area contributed by atoms with Gasteiger partial charge < -0.3 is 24.8 Å². The second-order valence-corrected chi connectivity index (χ2v) is 9.12. The fourth-order valence-electron chi connectivity index (χ4n) is 4.72. The molecule has 1 fully saturated rings. The van der Waals surface area contributed by atoms with E-state index in [-0.39, 0.29) is 30.8 Å². The third kappa shape index (κ3) is 2.92. The van der Waals surface area contributed by atoms with Crippen LogP contribution in [0, 0.1) is 12.7 Å². The lowest BCUT2D eigenvalue weighted by atomic mass is 9.97. The molecule has 34 heavy (non-hydrogen) atoms. The number of pyridine rings is 2. The van der Waals surface area contributed by atoms with Crippen LogP contribution in [0.15, 0.2) is 23.0 Å². The van der Waals surface area contributed by atoms with Crippen molar-refractivity contribution in [2.24, 2.45) is 0 Å². The van der Waals surface area contributed by atoms with Gasteiger partial charge >= 0.3 is 5.97 Å². The van der Waals surface area contributed by atoms with Gasteiger partial charge in [0.1, 0.15) is 18.0 Å². The number of rotatable bonds is 3. The molecule has 3 aliphatic rings. The molecule has 1 atom stereocenters. The smallest absolute Gasteiger partial charge is 0.340 e. The lowest BCUT2D eigenvalue weighted by Crippen LogP contribution is -2.36. The first kappa shape index (κ1) is 20.9. The molecule has 174 valence electrons. The quantitative estimate of drug-likeness (QED) is 0.386. The summed E-state index contributed by atoms with van der Waals surface area (Å²) in [5.74, 6) is -1.76. The Bertz CT molecular complexity index is 1510. The topological polar surface area (TPSA) is 131 Å². The maximum atomic E-state index is 14.4. The summed E-state index contributed by atoms with van der Waals surface area (Å²) in [4.78, 5) is 42.1. The summed E-state index contributed by atoms with van der Waals surface area (Å²) < 4.78 is 20.8. The van der Waals surface area contributed by atoms with Crippen LogP contribution in [0.3, 0.4) is 0 Å². The van der Waals surface area contributed by atoms with Crippen molar-refractivity contribution in [2.45, 2.75) is 51.2 Å². The average molecular weight is 465 g/mol. The van der Waals surface area contributed by atoms with Crippen molar-refractivity contribution in [3.8, 4) is 11.4 Å². The van der Waals surface area contributed by atoms with Crippen LogP contribution in [-0.2, 0) is 34.0 Å². The van der Waals surface area contributed by atoms with Crippen LogP contribution in [0.25, 0.3) is 22.3 Å². The van der Waals surface area contributed by atoms with E-state index in [1.54, 1.807) is 19.1 Å². The van der Waals surface area contributed by atoms with Crippen molar-refractivity contribution in [1.82, 2.24) is 14.9 Å². The first-order valence-corrected chi connectivity index (χ1v) is 10.9. The fraction of sp³-hybridized carbons (Fsp3) is 0.333. The number of aromatic nitrogens is 2. The number of halogens is 1. The largest absolute Gasteiger partial charge is 0.458 e. The summed E-state index contributed by atoms with van der Waals surface area (Å²) in [6, 6.07) is 4.50. The molecule has 1 amide bonds. The van der Waals surface area contributed by atoms with E-state index >= 15 is 0 Å². The number of cyclic esters (lactones) is 1. The molecule has 6 rings (SSSR count). The highest BCUT2D eigenvalue weighted by Gasteiger charge is 2.48. The molecule has 1 unspecified atom stereocenters. The molecule has 0 bridgehead atoms. The SMILES string of the molecule is Cc1cc2c(CNC(=O)C3(O)CC3)c3c(nc2cc1F)-c1cc2c(c(=O)n1C3)COC(=O)C2O. The molecule has 0 radical (unpaired) electrons. The van der Waals surface area contributed by atoms with Crippen LogP contribution in [0.2, 0.25) is 0 Å². The van der Waals surface area contributed by atoms with Gasteiger partial charge in [0.15, 0.2) is 6.10 Å². The van der Waals surface area contributed by atoms with E-state index in [1.165, 1.54) is 10.6 Å². The number of aryl methyl sites for hydroxylation is 1. The molecule has 0 spiro atoms. The van der Waals surface area contributed by atoms with Gasteiger partial charge in [0, 0.05) is 29.1 Å². The average Bonchev–Trinajstić information content (AvgIpc) is 3.46. The van der Waals surface area contributed by atoms with Crippen LogP contribution < -0.4 is 10.9 Å². The summed E-state index contributed by atoms with van der Waals surface area (Å²) in [5, 5.41) is 23.8. The van der Waals surface area contributed by atoms with E-state index in [0.717, 1.165) is 0 Å². The van der Waals surface area contributed by atoms with Gasteiger partial charge in [-0.2, -0.15) is 0 Å². The number of fused-ring (bicyclic) bond motifs is 5. The van der Waals surface area contributed by atoms with Gasteiger partial charge in [0.05, 0.1) is 29.0 Å². The minimum Gasteiger partial charge on any atom is -0.458 e. The Kier molecular flexibility index (Phi) is 4.27. The van der Waals surface area contributed by atoms with Gasteiger partial charge in [-0.05, 0) is 43.0 Å². The number of nitrogens with one attached hydrogen (secondary N) is 1. The van der Waals surface area contributed by atoms with E-state index in [9.17, 15) is 29.0 Å². The number of benzene rings is 1. The second kappa shape index (κ2) is 6.94. The van der Waals surface area contributed by atoms with Gasteiger partial charge in [-0.1, -0.05) is 0 Å². The van der Waals surface area contributed by atoms with Gasteiger partial charge in [-0.3, -0.25) is 9.59 Å². The van der Waals surface area contributed by atoms with Crippen LogP contribution in [0.1, 0.15) is 46.8 Å². The summed E-state index contributed by atoms with van der Waals surface area (Å²) in [7, 11) is 0. The van der Waals surface area contributed by atoms with Crippen molar-refractivity contribution < 1.29 is 28.9 Å². The van der Waals surface area contributed by atoms with E-state index in [1.807, 2.05) is 0 Å². The zero-order valence-corrected chi connectivity index (χ0v) is 18.1. The standard InChI is InChI=1S/C24H20FN3O6/c1-10-4-11-13(7-26-23(32)24(33)2-3-24)14-8-28-18(19(14)27-17(11)6-16(10)25)5-12-15(21(28)30)9-34-22(31)20(12)29/h4-6,20,29,33H,2-3,7-9H2,1H3,(H,26,32). The molecule has 1 aliphatic carbocycles. The van der Waals surface area contributed by atoms with E-state index in [2.05, 4.69) is 10.3 Å². The van der Waals surface area contributed by atoms with Gasteiger partial charge in [-0.15, -0.1) is 0 Å². The van der Waals surface area contributed by atoms with Crippen molar-refractivity contribution in [3.05, 3.63) is 62.2 Å². The number of carbonyl (C=O) groups excluding carboxylic acids is 2. The molecular weight excluding hydrogens is 445 g/mol. The third-order valence-electron chi connectivity index (χ3n) is 6.93. The number of carbonyl (C=O) groups is 2. The summed E-state index contributed by atoms with van der Waals surface area (Å²) in [6.07, 6.45) is -0.785. The fourth-order valence-corrected chi connectivity index (χ4v) is 4.72. The predicted octanol–water partition coefficient (Wildman–Crippen LogP) is 1.10. The zero-order valence-electron chi connectivity index (χ0n) is 18.1. The van der Waals surface area contributed by atoms with E-state index in [0.29, 0.717) is 51.8 Å². The summed E-state index contributed by atoms with van der Waals surface area (Å²) in [6.45, 7) is 1.60. The summed E-state index contributed by atoms with van der Waals surface area (Å²) >= 11 is 0. The Labute approximate surface area is 191 Å². The zero-order chi connectivity index (χ0) is 23.9. The predicted molar refractivity (Wildman–Crippen MR) is 116 cm³/mol. The number of nitrogens with zero attached hydrogens (tertiary/aromatic N) is 2. The van der Waals surface area contributed by atoms with Crippen LogP contribution in [-0.4, -0.2) is 37.2 Å². The molecule has 1 saturated carbocycles. The molecule has 9 nitrogen and oxygen atoms in total. The van der Waals surface area contributed by atoms with Crippen LogP contribution in [0.4, 0.5) is 4.39 Å². The van der Waals surface area contributed by atoms with Crippen LogP contribution >= 0.6 is 0 Å². The monoisotopic (exact) mass is 465 g/mol. The molecular formula is C24H20FN3O6. The molecule has 2 aromatic heterocycles. The second-order valence-electron chi connectivity index (χ2n) is 9.12. The van der Waals surface area contributed by atoms with Crippen LogP contribution in [0.5, 0.6) is 0 Å². The minimum atomic E-state index is -1.58. The maximum absolute atomic E-state index is 14.4. The van der Waals surface area contributed by atoms with E-state index in [4.69, 9.17) is 4.74 Å². The number of aliphatic hydroxyl groups excluding tert-OH is 1. The Morgan fingerprint density at radius 2 is 2.06 bits per heavy atom. The number of esters is 1. The normalized spacial score (nSPS) is 19.3. The highest BCUT2D eigenvalue weighted by atomic mass is 19.1. The summed E-state index contributed by atoms with van der Waals surface area (Å²) in [5.41, 5.74) is 1.49. The number of hydrogen-bond donors (Lipinski definition) is 3. The van der Waals surface area contributed by atoms with Crippen molar-refractivity contribution >= 4 is 22.8 Å². The highest BCUT2D eigenvalue weighted by molar-refractivity contribution is 5.91. The first-order chi connectivity index (χ1) is 16.2. The van der Waals surface area contributed by atoms with Crippen molar-refractivity contribution in [2.75, 3.05) is 0 Å². The lowest BCUT2D eigenvalue weighted by Gasteiger charge is -2.21. The Hall–Kier alpha value is -3.63. The maximum Gasteiger partial charge on any atom is 0.340 e. The molecule has 0 saturated heterocycles.